The summed E-state index contributed by atoms with van der Waals surface area (Å²) < 4.78 is 21.9. The summed E-state index contributed by atoms with van der Waals surface area (Å²) in [6.45, 7) is 2.54. The van der Waals surface area contributed by atoms with E-state index >= 15 is 0 Å². The molecule has 2 aliphatic rings. The van der Waals surface area contributed by atoms with E-state index in [2.05, 4.69) is 4.90 Å². The Labute approximate surface area is 160 Å². The highest BCUT2D eigenvalue weighted by molar-refractivity contribution is 5.84. The minimum absolute atomic E-state index is 0.0546. The van der Waals surface area contributed by atoms with Gasteiger partial charge in [0.25, 0.3) is 0 Å². The number of rotatable bonds is 3. The second-order valence-electron chi connectivity index (χ2n) is 6.81. The smallest absolute Gasteiger partial charge is 0.345 e. The summed E-state index contributed by atoms with van der Waals surface area (Å²) in [5, 5.41) is 11.5. The first-order chi connectivity index (χ1) is 13.7. The summed E-state index contributed by atoms with van der Waals surface area (Å²) in [6, 6.07) is 12.1. The Bertz CT molecular complexity index is 1090. The van der Waals surface area contributed by atoms with Crippen LogP contribution in [0.3, 0.4) is 0 Å². The highest BCUT2D eigenvalue weighted by Crippen LogP contribution is 2.40. The molecule has 1 atom stereocenters. The molecule has 1 fully saturated rings. The van der Waals surface area contributed by atoms with Crippen LogP contribution in [0.4, 0.5) is 0 Å². The largest absolute Gasteiger partial charge is 0.507 e. The molecule has 0 aliphatic carbocycles. The quantitative estimate of drug-likeness (QED) is 0.699. The van der Waals surface area contributed by atoms with Gasteiger partial charge in [-0.25, -0.2) is 4.79 Å². The molecule has 2 aliphatic heterocycles. The van der Waals surface area contributed by atoms with E-state index in [-0.39, 0.29) is 18.1 Å². The first-order valence-electron chi connectivity index (χ1n) is 9.18. The van der Waals surface area contributed by atoms with Gasteiger partial charge in [-0.15, -0.1) is 0 Å². The first kappa shape index (κ1) is 17.1. The second kappa shape index (κ2) is 6.85. The third-order valence-corrected chi connectivity index (χ3v) is 5.22. The molecule has 0 radical (unpaired) electrons. The fourth-order valence-electron chi connectivity index (χ4n) is 3.87. The van der Waals surface area contributed by atoms with E-state index in [4.69, 9.17) is 18.6 Å². The Balaban J connectivity index is 1.71. The Kier molecular flexibility index (Phi) is 4.18. The Morgan fingerprint density at radius 3 is 2.64 bits per heavy atom. The maximum Gasteiger partial charge on any atom is 0.345 e. The maximum absolute atomic E-state index is 12.9. The Morgan fingerprint density at radius 2 is 1.79 bits per heavy atom. The highest BCUT2D eigenvalue weighted by atomic mass is 16.7. The van der Waals surface area contributed by atoms with Crippen LogP contribution in [0, 0.1) is 0 Å². The lowest BCUT2D eigenvalue weighted by molar-refractivity contribution is 0.0230. The van der Waals surface area contributed by atoms with Gasteiger partial charge in [0.15, 0.2) is 11.5 Å². The molecule has 28 heavy (non-hydrogen) atoms. The van der Waals surface area contributed by atoms with Crippen LogP contribution in [0.1, 0.15) is 17.2 Å². The molecule has 5 rings (SSSR count). The molecule has 2 aromatic carbocycles. The average Bonchev–Trinajstić information content (AvgIpc) is 3.19. The summed E-state index contributed by atoms with van der Waals surface area (Å²) >= 11 is 0. The van der Waals surface area contributed by atoms with E-state index in [1.807, 2.05) is 18.2 Å². The fourth-order valence-corrected chi connectivity index (χ4v) is 3.87. The van der Waals surface area contributed by atoms with Crippen LogP contribution in [0.5, 0.6) is 17.2 Å². The highest BCUT2D eigenvalue weighted by Gasteiger charge is 2.32. The van der Waals surface area contributed by atoms with E-state index < -0.39 is 11.7 Å². The topological polar surface area (TPSA) is 81.4 Å². The molecule has 7 heteroatoms. The molecule has 1 N–H and O–H groups in total. The minimum atomic E-state index is -0.551. The van der Waals surface area contributed by atoms with Crippen LogP contribution in [0.2, 0.25) is 0 Å². The van der Waals surface area contributed by atoms with Gasteiger partial charge in [0.1, 0.15) is 16.9 Å². The van der Waals surface area contributed by atoms with Gasteiger partial charge in [-0.1, -0.05) is 18.2 Å². The van der Waals surface area contributed by atoms with E-state index in [1.54, 1.807) is 24.3 Å². The van der Waals surface area contributed by atoms with Crippen molar-refractivity contribution in [2.24, 2.45) is 0 Å². The van der Waals surface area contributed by atoms with Crippen LogP contribution in [0.25, 0.3) is 11.0 Å². The molecule has 3 heterocycles. The van der Waals surface area contributed by atoms with E-state index in [0.717, 1.165) is 5.56 Å². The molecule has 1 saturated heterocycles. The molecule has 0 unspecified atom stereocenters. The van der Waals surface area contributed by atoms with Crippen molar-refractivity contribution in [3.8, 4) is 17.2 Å². The summed E-state index contributed by atoms with van der Waals surface area (Å²) in [7, 11) is 0. The number of morpholine rings is 1. The van der Waals surface area contributed by atoms with Crippen molar-refractivity contribution in [2.45, 2.75) is 6.04 Å². The first-order valence-corrected chi connectivity index (χ1v) is 9.18. The van der Waals surface area contributed by atoms with Gasteiger partial charge in [-0.05, 0) is 29.8 Å². The number of benzene rings is 2. The molecule has 0 bridgehead atoms. The molecule has 144 valence electrons. The third-order valence-electron chi connectivity index (χ3n) is 5.22. The van der Waals surface area contributed by atoms with E-state index in [0.29, 0.717) is 48.8 Å². The predicted octanol–water partition coefficient (Wildman–Crippen LogP) is 2.65. The summed E-state index contributed by atoms with van der Waals surface area (Å²) in [4.78, 5) is 15.0. The zero-order valence-electron chi connectivity index (χ0n) is 15.1. The third kappa shape index (κ3) is 2.80. The van der Waals surface area contributed by atoms with Gasteiger partial charge >= 0.3 is 5.63 Å². The zero-order valence-corrected chi connectivity index (χ0v) is 15.1. The number of nitrogens with zero attached hydrogens (tertiary/aromatic N) is 1. The number of ether oxygens (including phenoxy) is 3. The lowest BCUT2D eigenvalue weighted by Crippen LogP contribution is -2.41. The number of hydrogen-bond donors (Lipinski definition) is 1. The Hall–Kier alpha value is -3.03. The van der Waals surface area contributed by atoms with Crippen LogP contribution in [-0.2, 0) is 4.74 Å². The fraction of sp³-hybridized carbons (Fsp3) is 0.286. The minimum Gasteiger partial charge on any atom is -0.507 e. The zero-order chi connectivity index (χ0) is 19.1. The summed E-state index contributed by atoms with van der Waals surface area (Å²) in [5.41, 5.74) is 0.856. The normalized spacial score (nSPS) is 17.7. The van der Waals surface area contributed by atoms with Crippen molar-refractivity contribution in [3.05, 3.63) is 64.0 Å². The van der Waals surface area contributed by atoms with Crippen LogP contribution in [0.15, 0.2) is 51.7 Å². The Morgan fingerprint density at radius 1 is 1.00 bits per heavy atom. The number of aromatic hydroxyl groups is 1. The van der Waals surface area contributed by atoms with Gasteiger partial charge in [0, 0.05) is 13.1 Å². The average molecular weight is 381 g/mol. The van der Waals surface area contributed by atoms with Crippen LogP contribution in [-0.4, -0.2) is 43.1 Å². The molecule has 0 spiro atoms. The number of hydrogen-bond acceptors (Lipinski definition) is 7. The molecular formula is C21H19NO6. The van der Waals surface area contributed by atoms with Crippen molar-refractivity contribution in [1.29, 1.82) is 0 Å². The predicted molar refractivity (Wildman–Crippen MR) is 101 cm³/mol. The molecular weight excluding hydrogens is 362 g/mol. The van der Waals surface area contributed by atoms with Crippen LogP contribution < -0.4 is 15.1 Å². The maximum atomic E-state index is 12.9. The lowest BCUT2D eigenvalue weighted by Gasteiger charge is -2.34. The molecule has 0 saturated carbocycles. The summed E-state index contributed by atoms with van der Waals surface area (Å²) in [6.07, 6.45) is 0. The van der Waals surface area contributed by atoms with Gasteiger partial charge < -0.3 is 23.7 Å². The van der Waals surface area contributed by atoms with Gasteiger partial charge in [-0.3, -0.25) is 4.90 Å². The van der Waals surface area contributed by atoms with Crippen LogP contribution >= 0.6 is 0 Å². The van der Waals surface area contributed by atoms with E-state index in [9.17, 15) is 9.90 Å². The SMILES string of the molecule is O=c1oc2ccccc2c(O)c1[C@@H](c1ccc2c(c1)OCO2)N1CCOCC1. The van der Waals surface area contributed by atoms with Crippen molar-refractivity contribution in [3.63, 3.8) is 0 Å². The van der Waals surface area contributed by atoms with Crippen molar-refractivity contribution in [2.75, 3.05) is 33.1 Å². The van der Waals surface area contributed by atoms with E-state index in [1.165, 1.54) is 0 Å². The number of fused-ring (bicyclic) bond motifs is 2. The summed E-state index contributed by atoms with van der Waals surface area (Å²) in [5.74, 6) is 1.24. The molecule has 0 amide bonds. The van der Waals surface area contributed by atoms with Gasteiger partial charge in [0.2, 0.25) is 6.79 Å². The second-order valence-corrected chi connectivity index (χ2v) is 6.81. The number of para-hydroxylation sites is 1. The standard InChI is InChI=1S/C21H19NO6/c23-20-14-3-1-2-4-15(14)28-21(24)18(20)19(22-7-9-25-10-8-22)13-5-6-16-17(11-13)27-12-26-16/h1-6,11,19,23H,7-10,12H2/t19-/m1/s1. The molecule has 3 aromatic rings. The van der Waals surface area contributed by atoms with Crippen molar-refractivity contribution < 1.29 is 23.7 Å². The monoisotopic (exact) mass is 381 g/mol. The van der Waals surface area contributed by atoms with Crippen molar-refractivity contribution >= 4 is 11.0 Å². The van der Waals surface area contributed by atoms with Gasteiger partial charge in [0.05, 0.1) is 24.6 Å². The lowest BCUT2D eigenvalue weighted by atomic mass is 9.95. The van der Waals surface area contributed by atoms with Gasteiger partial charge in [-0.2, -0.15) is 0 Å². The molecule has 7 nitrogen and oxygen atoms in total. The van der Waals surface area contributed by atoms with Crippen molar-refractivity contribution in [1.82, 2.24) is 4.90 Å². The molecule has 1 aromatic heterocycles.